The predicted molar refractivity (Wildman–Crippen MR) is 115 cm³/mol. The zero-order valence-corrected chi connectivity index (χ0v) is 16.8. The Morgan fingerprint density at radius 2 is 1.84 bits per heavy atom. The first-order valence-corrected chi connectivity index (χ1v) is 10.0. The summed E-state index contributed by atoms with van der Waals surface area (Å²) in [6.07, 6.45) is 3.52. The summed E-state index contributed by atoms with van der Waals surface area (Å²) in [5.41, 5.74) is 2.74. The molecule has 0 spiro atoms. The first-order chi connectivity index (χ1) is 15.1. The normalized spacial score (nSPS) is 18.0. The van der Waals surface area contributed by atoms with Crippen LogP contribution in [0.4, 0.5) is 4.39 Å². The molecule has 0 N–H and O–H groups in total. The Hall–Kier alpha value is -3.86. The molecule has 0 saturated heterocycles. The van der Waals surface area contributed by atoms with Gasteiger partial charge < -0.3 is 14.2 Å². The van der Waals surface area contributed by atoms with Crippen LogP contribution in [-0.2, 0) is 6.61 Å². The number of carbonyl (C=O) groups is 1. The quantitative estimate of drug-likeness (QED) is 0.512. The minimum Gasteiger partial charge on any atom is -0.489 e. The maximum absolute atomic E-state index is 13.8. The van der Waals surface area contributed by atoms with Gasteiger partial charge in [-0.25, -0.2) is 4.39 Å². The minimum absolute atomic E-state index is 0.0866. The summed E-state index contributed by atoms with van der Waals surface area (Å²) in [6, 6.07) is 19.2. The van der Waals surface area contributed by atoms with E-state index in [2.05, 4.69) is 0 Å². The van der Waals surface area contributed by atoms with Crippen molar-refractivity contribution in [3.8, 4) is 17.2 Å². The monoisotopic (exact) mass is 414 g/mol. The molecular formula is C26H19FO4. The number of rotatable bonds is 4. The van der Waals surface area contributed by atoms with E-state index in [4.69, 9.17) is 14.2 Å². The predicted octanol–water partition coefficient (Wildman–Crippen LogP) is 5.73. The van der Waals surface area contributed by atoms with Crippen LogP contribution in [0.15, 0.2) is 84.1 Å². The Bertz CT molecular complexity index is 1240. The standard InChI is InChI=1S/C26H19FO4/c1-16-19(12-17-6-3-5-9-23(17)30-16)13-25-26(28)21-11-10-20(14-24(21)31-25)29-15-18-7-2-4-8-22(18)27/h2-14,16H,15H2,1H3/b25-13+/t16-/m0/s1. The second kappa shape index (κ2) is 7.76. The molecule has 0 unspecified atom stereocenters. The molecule has 154 valence electrons. The van der Waals surface area contributed by atoms with E-state index < -0.39 is 0 Å². The smallest absolute Gasteiger partial charge is 0.231 e. The second-order valence-electron chi connectivity index (χ2n) is 7.42. The summed E-state index contributed by atoms with van der Waals surface area (Å²) in [5.74, 6) is 1.46. The number of benzene rings is 3. The summed E-state index contributed by atoms with van der Waals surface area (Å²) in [7, 11) is 0. The van der Waals surface area contributed by atoms with E-state index in [9.17, 15) is 9.18 Å². The molecule has 0 aromatic heterocycles. The van der Waals surface area contributed by atoms with Crippen molar-refractivity contribution < 1.29 is 23.4 Å². The van der Waals surface area contributed by atoms with Gasteiger partial charge in [-0.1, -0.05) is 36.4 Å². The molecule has 5 rings (SSSR count). The van der Waals surface area contributed by atoms with Gasteiger partial charge in [-0.15, -0.1) is 0 Å². The van der Waals surface area contributed by atoms with E-state index in [1.165, 1.54) is 6.07 Å². The third kappa shape index (κ3) is 3.70. The lowest BCUT2D eigenvalue weighted by atomic mass is 10.0. The zero-order chi connectivity index (χ0) is 21.4. The maximum atomic E-state index is 13.8. The van der Waals surface area contributed by atoms with Gasteiger partial charge >= 0.3 is 0 Å². The minimum atomic E-state index is -0.320. The van der Waals surface area contributed by atoms with Crippen molar-refractivity contribution in [3.63, 3.8) is 0 Å². The van der Waals surface area contributed by atoms with Crippen LogP contribution in [-0.4, -0.2) is 11.9 Å². The van der Waals surface area contributed by atoms with E-state index in [1.807, 2.05) is 37.3 Å². The molecule has 0 saturated carbocycles. The largest absolute Gasteiger partial charge is 0.489 e. The van der Waals surface area contributed by atoms with Crippen LogP contribution >= 0.6 is 0 Å². The number of Topliss-reactive ketones (excluding diaryl/α,β-unsaturated/α-hetero) is 1. The molecule has 1 atom stereocenters. The van der Waals surface area contributed by atoms with Crippen molar-refractivity contribution in [1.82, 2.24) is 0 Å². The average Bonchev–Trinajstić information content (AvgIpc) is 3.08. The first kappa shape index (κ1) is 19.1. The molecule has 2 aliphatic heterocycles. The molecule has 0 fully saturated rings. The number of ether oxygens (including phenoxy) is 3. The lowest BCUT2D eigenvalue weighted by Gasteiger charge is -2.22. The lowest BCUT2D eigenvalue weighted by molar-refractivity contribution is 0.101. The molecule has 0 aliphatic carbocycles. The van der Waals surface area contributed by atoms with Crippen LogP contribution in [0.2, 0.25) is 0 Å². The van der Waals surface area contributed by atoms with Crippen molar-refractivity contribution in [2.75, 3.05) is 0 Å². The molecule has 4 nitrogen and oxygen atoms in total. The molecule has 2 aliphatic rings. The highest BCUT2D eigenvalue weighted by atomic mass is 19.1. The van der Waals surface area contributed by atoms with E-state index in [0.29, 0.717) is 22.6 Å². The van der Waals surface area contributed by atoms with Gasteiger partial charge in [0.25, 0.3) is 0 Å². The molecule has 0 radical (unpaired) electrons. The summed E-state index contributed by atoms with van der Waals surface area (Å²) < 4.78 is 31.3. The highest BCUT2D eigenvalue weighted by Crippen LogP contribution is 2.36. The Balaban J connectivity index is 1.36. The summed E-state index contributed by atoms with van der Waals surface area (Å²) >= 11 is 0. The Labute approximate surface area is 179 Å². The van der Waals surface area contributed by atoms with Crippen LogP contribution in [0.25, 0.3) is 6.08 Å². The number of hydrogen-bond acceptors (Lipinski definition) is 4. The summed E-state index contributed by atoms with van der Waals surface area (Å²) in [5, 5.41) is 0. The molecule has 31 heavy (non-hydrogen) atoms. The Kier molecular flexibility index (Phi) is 4.79. The third-order valence-corrected chi connectivity index (χ3v) is 5.31. The fourth-order valence-electron chi connectivity index (χ4n) is 3.61. The zero-order valence-electron chi connectivity index (χ0n) is 16.8. The van der Waals surface area contributed by atoms with Gasteiger partial charge in [0, 0.05) is 17.2 Å². The number of ketones is 1. The highest BCUT2D eigenvalue weighted by molar-refractivity contribution is 6.12. The number of para-hydroxylation sites is 1. The van der Waals surface area contributed by atoms with Gasteiger partial charge in [-0.3, -0.25) is 4.79 Å². The van der Waals surface area contributed by atoms with Gasteiger partial charge in [0.15, 0.2) is 5.76 Å². The van der Waals surface area contributed by atoms with Crippen molar-refractivity contribution in [1.29, 1.82) is 0 Å². The molecule has 0 amide bonds. The number of halogens is 1. The van der Waals surface area contributed by atoms with Gasteiger partial charge in [-0.05, 0) is 48.9 Å². The maximum Gasteiger partial charge on any atom is 0.231 e. The van der Waals surface area contributed by atoms with Gasteiger partial charge in [0.2, 0.25) is 5.78 Å². The molecular weight excluding hydrogens is 395 g/mol. The van der Waals surface area contributed by atoms with Crippen molar-refractivity contribution in [2.45, 2.75) is 19.6 Å². The molecule has 0 bridgehead atoms. The van der Waals surface area contributed by atoms with E-state index in [-0.39, 0.29) is 30.1 Å². The van der Waals surface area contributed by atoms with Crippen LogP contribution < -0.4 is 14.2 Å². The van der Waals surface area contributed by atoms with Crippen LogP contribution in [0, 0.1) is 5.82 Å². The average molecular weight is 414 g/mol. The van der Waals surface area contributed by atoms with Crippen LogP contribution in [0.3, 0.4) is 0 Å². The topological polar surface area (TPSA) is 44.8 Å². The van der Waals surface area contributed by atoms with Gasteiger partial charge in [0.05, 0.1) is 5.56 Å². The molecule has 3 aromatic carbocycles. The number of carbonyl (C=O) groups excluding carboxylic acids is 1. The van der Waals surface area contributed by atoms with Crippen LogP contribution in [0.5, 0.6) is 17.2 Å². The van der Waals surface area contributed by atoms with E-state index in [0.717, 1.165) is 16.9 Å². The van der Waals surface area contributed by atoms with Crippen molar-refractivity contribution in [3.05, 3.63) is 107 Å². The summed E-state index contributed by atoms with van der Waals surface area (Å²) in [4.78, 5) is 12.8. The van der Waals surface area contributed by atoms with Crippen molar-refractivity contribution in [2.24, 2.45) is 0 Å². The highest BCUT2D eigenvalue weighted by Gasteiger charge is 2.29. The first-order valence-electron chi connectivity index (χ1n) is 10.0. The summed E-state index contributed by atoms with van der Waals surface area (Å²) in [6.45, 7) is 2.02. The van der Waals surface area contributed by atoms with Gasteiger partial charge in [0.1, 0.15) is 35.8 Å². The molecule has 5 heteroatoms. The lowest BCUT2D eigenvalue weighted by Crippen LogP contribution is -2.18. The Morgan fingerprint density at radius 1 is 1.03 bits per heavy atom. The number of allylic oxidation sites excluding steroid dienone is 1. The van der Waals surface area contributed by atoms with Crippen LogP contribution in [0.1, 0.15) is 28.4 Å². The SMILES string of the molecule is C[C@@H]1Oc2ccccc2C=C1/C=C1/Oc2cc(OCc3ccccc3F)ccc2C1=O. The number of fused-ring (bicyclic) bond motifs is 2. The van der Waals surface area contributed by atoms with Gasteiger partial charge in [-0.2, -0.15) is 0 Å². The fraction of sp³-hybridized carbons (Fsp3) is 0.115. The third-order valence-electron chi connectivity index (χ3n) is 5.31. The van der Waals surface area contributed by atoms with E-state index in [1.54, 1.807) is 42.5 Å². The molecule has 3 aromatic rings. The van der Waals surface area contributed by atoms with Crippen molar-refractivity contribution >= 4 is 11.9 Å². The molecule has 2 heterocycles. The van der Waals surface area contributed by atoms with E-state index >= 15 is 0 Å². The number of hydrogen-bond donors (Lipinski definition) is 0. The Morgan fingerprint density at radius 3 is 2.71 bits per heavy atom. The fourth-order valence-corrected chi connectivity index (χ4v) is 3.61. The second-order valence-corrected chi connectivity index (χ2v) is 7.42.